The van der Waals surface area contributed by atoms with Crippen LogP contribution in [0.15, 0.2) is 11.8 Å². The molecule has 0 aliphatic heterocycles. The van der Waals surface area contributed by atoms with E-state index in [0.29, 0.717) is 12.4 Å². The largest absolute Gasteiger partial charge is 0.500 e. The molecule has 0 aromatic rings. The Morgan fingerprint density at radius 1 is 1.37 bits per heavy atom. The Kier molecular flexibility index (Phi) is 8.90. The van der Waals surface area contributed by atoms with E-state index < -0.39 is 9.58 Å². The summed E-state index contributed by atoms with van der Waals surface area (Å²) < 4.78 is 7.83. The predicted molar refractivity (Wildman–Crippen MR) is 78.9 cm³/mol. The van der Waals surface area contributed by atoms with Gasteiger partial charge in [0, 0.05) is 6.08 Å². The fourth-order valence-corrected chi connectivity index (χ4v) is 1.99. The first kappa shape index (κ1) is 18.9. The molecule has 0 heterocycles. The van der Waals surface area contributed by atoms with Gasteiger partial charge in [0.25, 0.3) is 3.79 Å². The fraction of sp³-hybridized carbons (Fsp3) is 0.636. The SMILES string of the molecule is CCOC(=O)CSC(C)/C(=C\C(=O)C(Cl)(Cl)Cl)OC. The maximum absolute atomic E-state index is 11.5. The minimum absolute atomic E-state index is 0.150. The van der Waals surface area contributed by atoms with Crippen LogP contribution in [0.2, 0.25) is 0 Å². The molecule has 4 nitrogen and oxygen atoms in total. The lowest BCUT2D eigenvalue weighted by Crippen LogP contribution is -2.19. The molecule has 0 N–H and O–H groups in total. The second-order valence-corrected chi connectivity index (χ2v) is 6.98. The van der Waals surface area contributed by atoms with Crippen molar-refractivity contribution in [3.63, 3.8) is 0 Å². The van der Waals surface area contributed by atoms with Gasteiger partial charge in [-0.3, -0.25) is 9.59 Å². The number of esters is 1. The molecule has 1 atom stereocenters. The van der Waals surface area contributed by atoms with E-state index >= 15 is 0 Å². The fourth-order valence-electron chi connectivity index (χ4n) is 1.03. The highest BCUT2D eigenvalue weighted by molar-refractivity contribution is 8.00. The molecule has 1 unspecified atom stereocenters. The van der Waals surface area contributed by atoms with Gasteiger partial charge in [0.2, 0.25) is 5.78 Å². The third-order valence-electron chi connectivity index (χ3n) is 1.95. The van der Waals surface area contributed by atoms with Gasteiger partial charge < -0.3 is 9.47 Å². The van der Waals surface area contributed by atoms with E-state index in [-0.39, 0.29) is 17.0 Å². The number of halogens is 3. The number of alkyl halides is 3. The first-order chi connectivity index (χ1) is 8.72. The summed E-state index contributed by atoms with van der Waals surface area (Å²) >= 11 is 17.6. The molecule has 0 saturated carbocycles. The number of thioether (sulfide) groups is 1. The zero-order chi connectivity index (χ0) is 15.1. The zero-order valence-corrected chi connectivity index (χ0v) is 13.8. The van der Waals surface area contributed by atoms with E-state index in [4.69, 9.17) is 44.3 Å². The Morgan fingerprint density at radius 2 is 1.95 bits per heavy atom. The van der Waals surface area contributed by atoms with Gasteiger partial charge in [0.15, 0.2) is 0 Å². The lowest BCUT2D eigenvalue weighted by atomic mass is 10.3. The van der Waals surface area contributed by atoms with Crippen molar-refractivity contribution >= 4 is 58.3 Å². The number of allylic oxidation sites excluding steroid dienone is 1. The summed E-state index contributed by atoms with van der Waals surface area (Å²) in [6, 6.07) is 0. The van der Waals surface area contributed by atoms with Gasteiger partial charge in [-0.1, -0.05) is 34.8 Å². The molecule has 0 aliphatic carbocycles. The summed E-state index contributed by atoms with van der Waals surface area (Å²) in [5.41, 5.74) is 0. The minimum Gasteiger partial charge on any atom is -0.500 e. The maximum Gasteiger partial charge on any atom is 0.315 e. The Hall–Kier alpha value is -0.100. The predicted octanol–water partition coefficient (Wildman–Crippen LogP) is 3.14. The van der Waals surface area contributed by atoms with E-state index in [1.165, 1.54) is 18.9 Å². The molecule has 0 fully saturated rings. The average molecular weight is 350 g/mol. The van der Waals surface area contributed by atoms with Gasteiger partial charge in [-0.05, 0) is 13.8 Å². The number of ether oxygens (including phenoxy) is 2. The molecule has 0 spiro atoms. The van der Waals surface area contributed by atoms with E-state index in [0.717, 1.165) is 6.08 Å². The number of rotatable bonds is 7. The lowest BCUT2D eigenvalue weighted by molar-refractivity contribution is -0.139. The summed E-state index contributed by atoms with van der Waals surface area (Å²) in [7, 11) is 1.40. The van der Waals surface area contributed by atoms with Crippen LogP contribution >= 0.6 is 46.6 Å². The smallest absolute Gasteiger partial charge is 0.315 e. The van der Waals surface area contributed by atoms with Gasteiger partial charge in [0.1, 0.15) is 5.76 Å². The van der Waals surface area contributed by atoms with Gasteiger partial charge in [-0.2, -0.15) is 0 Å². The van der Waals surface area contributed by atoms with Crippen LogP contribution in [-0.2, 0) is 19.1 Å². The molecule has 110 valence electrons. The summed E-state index contributed by atoms with van der Waals surface area (Å²) in [6.07, 6.45) is 1.12. The number of hydrogen-bond acceptors (Lipinski definition) is 5. The molecule has 0 radical (unpaired) electrons. The summed E-state index contributed by atoms with van der Waals surface area (Å²) in [5, 5.41) is -0.245. The Bertz CT molecular complexity index is 352. The van der Waals surface area contributed by atoms with Gasteiger partial charge in [-0.15, -0.1) is 11.8 Å². The van der Waals surface area contributed by atoms with E-state index in [1.807, 2.05) is 0 Å². The highest BCUT2D eigenvalue weighted by Crippen LogP contribution is 2.29. The van der Waals surface area contributed by atoms with E-state index in [9.17, 15) is 9.59 Å². The standard InChI is InChI=1S/C11H15Cl3O4S/c1-4-18-10(16)6-19-7(2)8(17-3)5-9(15)11(12,13)14/h5,7H,4,6H2,1-3H3/b8-5+. The van der Waals surface area contributed by atoms with Crippen LogP contribution in [0.3, 0.4) is 0 Å². The summed E-state index contributed by atoms with van der Waals surface area (Å²) in [4.78, 5) is 22.7. The third-order valence-corrected chi connectivity index (χ3v) is 3.64. The van der Waals surface area contributed by atoms with Gasteiger partial charge >= 0.3 is 5.97 Å². The molecule has 0 bridgehead atoms. The number of methoxy groups -OCH3 is 1. The molecule has 8 heteroatoms. The van der Waals surface area contributed by atoms with E-state index in [1.54, 1.807) is 13.8 Å². The van der Waals surface area contributed by atoms with Crippen molar-refractivity contribution in [3.8, 4) is 0 Å². The highest BCUT2D eigenvalue weighted by atomic mass is 35.6. The Labute approximate surface area is 131 Å². The Balaban J connectivity index is 4.56. The van der Waals surface area contributed by atoms with Crippen LogP contribution < -0.4 is 0 Å². The molecule has 0 amide bonds. The van der Waals surface area contributed by atoms with Crippen molar-refractivity contribution in [2.75, 3.05) is 19.5 Å². The highest BCUT2D eigenvalue weighted by Gasteiger charge is 2.30. The number of carbonyl (C=O) groups excluding carboxylic acids is 2. The number of hydrogen-bond donors (Lipinski definition) is 0. The normalized spacial score (nSPS) is 13.9. The van der Waals surface area contributed by atoms with Crippen molar-refractivity contribution in [1.29, 1.82) is 0 Å². The zero-order valence-electron chi connectivity index (χ0n) is 10.7. The lowest BCUT2D eigenvalue weighted by Gasteiger charge is -2.15. The molecule has 0 aromatic carbocycles. The quantitative estimate of drug-likeness (QED) is 0.306. The Morgan fingerprint density at radius 3 is 2.37 bits per heavy atom. The van der Waals surface area contributed by atoms with Crippen molar-refractivity contribution in [2.45, 2.75) is 22.9 Å². The van der Waals surface area contributed by atoms with Crippen LogP contribution in [0.1, 0.15) is 13.8 Å². The van der Waals surface area contributed by atoms with Crippen molar-refractivity contribution in [3.05, 3.63) is 11.8 Å². The number of ketones is 1. The molecule has 0 saturated heterocycles. The van der Waals surface area contributed by atoms with Crippen LogP contribution in [0, 0.1) is 0 Å². The first-order valence-corrected chi connectivity index (χ1v) is 7.54. The second kappa shape index (κ2) is 8.95. The van der Waals surface area contributed by atoms with Crippen molar-refractivity contribution in [1.82, 2.24) is 0 Å². The van der Waals surface area contributed by atoms with Crippen LogP contribution in [0.25, 0.3) is 0 Å². The van der Waals surface area contributed by atoms with Crippen molar-refractivity contribution in [2.24, 2.45) is 0 Å². The topological polar surface area (TPSA) is 52.6 Å². The summed E-state index contributed by atoms with van der Waals surface area (Å²) in [6.45, 7) is 3.82. The molecular weight excluding hydrogens is 335 g/mol. The van der Waals surface area contributed by atoms with E-state index in [2.05, 4.69) is 0 Å². The molecule has 0 rings (SSSR count). The minimum atomic E-state index is -2.02. The van der Waals surface area contributed by atoms with Crippen LogP contribution in [0.4, 0.5) is 0 Å². The van der Waals surface area contributed by atoms with Crippen LogP contribution in [0.5, 0.6) is 0 Å². The molecule has 0 aliphatic rings. The molecule has 19 heavy (non-hydrogen) atoms. The summed E-state index contributed by atoms with van der Waals surface area (Å²) in [5.74, 6) is -0.552. The van der Waals surface area contributed by atoms with Crippen LogP contribution in [-0.4, -0.2) is 40.3 Å². The first-order valence-electron chi connectivity index (χ1n) is 5.36. The van der Waals surface area contributed by atoms with Gasteiger partial charge in [-0.25, -0.2) is 0 Å². The monoisotopic (exact) mass is 348 g/mol. The molecule has 0 aromatic heterocycles. The number of carbonyl (C=O) groups is 2. The maximum atomic E-state index is 11.5. The average Bonchev–Trinajstić information content (AvgIpc) is 2.31. The third kappa shape index (κ3) is 7.92. The molecular formula is C11H15Cl3O4S. The second-order valence-electron chi connectivity index (χ2n) is 3.37. The van der Waals surface area contributed by atoms with Gasteiger partial charge in [0.05, 0.1) is 24.7 Å². The van der Waals surface area contributed by atoms with Crippen molar-refractivity contribution < 1.29 is 19.1 Å².